The van der Waals surface area contributed by atoms with Crippen molar-refractivity contribution in [2.75, 3.05) is 0 Å². The molecule has 6 heteroatoms. The van der Waals surface area contributed by atoms with Gasteiger partial charge in [0.15, 0.2) is 0 Å². The fourth-order valence-corrected chi connectivity index (χ4v) is 3.24. The molecule has 122 valence electrons. The van der Waals surface area contributed by atoms with Crippen LogP contribution in [-0.4, -0.2) is 25.8 Å². The van der Waals surface area contributed by atoms with Gasteiger partial charge in [0.1, 0.15) is 0 Å². The van der Waals surface area contributed by atoms with Crippen LogP contribution in [0.3, 0.4) is 0 Å². The van der Waals surface area contributed by atoms with Crippen molar-refractivity contribution in [3.05, 3.63) is 52.5 Å². The Balaban J connectivity index is 1.58. The highest BCUT2D eigenvalue weighted by molar-refractivity contribution is 5.02. The molecule has 0 radical (unpaired) electrons. The summed E-state index contributed by atoms with van der Waals surface area (Å²) < 4.78 is 1.66. The highest BCUT2D eigenvalue weighted by Crippen LogP contribution is 2.28. The van der Waals surface area contributed by atoms with Crippen LogP contribution in [0.1, 0.15) is 56.1 Å². The molecule has 1 unspecified atom stereocenters. The lowest BCUT2D eigenvalue weighted by Gasteiger charge is -2.31. The Kier molecular flexibility index (Phi) is 4.81. The highest BCUT2D eigenvalue weighted by Gasteiger charge is 2.25. The van der Waals surface area contributed by atoms with Crippen molar-refractivity contribution in [3.8, 4) is 0 Å². The molecule has 2 aromatic rings. The van der Waals surface area contributed by atoms with Gasteiger partial charge in [0.2, 0.25) is 0 Å². The molecule has 0 bridgehead atoms. The average Bonchev–Trinajstić information content (AvgIpc) is 2.58. The molecule has 0 aliphatic heterocycles. The smallest absolute Gasteiger partial charge is 0.267 e. The predicted molar refractivity (Wildman–Crippen MR) is 88.1 cm³/mol. The molecule has 0 spiro atoms. The molecule has 3 rings (SSSR count). The minimum Gasteiger partial charge on any atom is -0.306 e. The molecule has 1 N–H and O–H groups in total. The summed E-state index contributed by atoms with van der Waals surface area (Å²) in [6.07, 6.45) is 9.24. The highest BCUT2D eigenvalue weighted by atomic mass is 16.1. The second-order valence-electron chi connectivity index (χ2n) is 6.28. The third-order valence-corrected chi connectivity index (χ3v) is 4.51. The first-order valence-corrected chi connectivity index (χ1v) is 8.22. The van der Waals surface area contributed by atoms with Gasteiger partial charge in [0.25, 0.3) is 5.56 Å². The number of nitrogens with one attached hydrogen (secondary N) is 1. The van der Waals surface area contributed by atoms with E-state index in [9.17, 15) is 4.79 Å². The topological polar surface area (TPSA) is 72.7 Å². The summed E-state index contributed by atoms with van der Waals surface area (Å²) in [6, 6.07) is 4.23. The Morgan fingerprint density at radius 2 is 2.00 bits per heavy atom. The maximum Gasteiger partial charge on any atom is 0.267 e. The lowest BCUT2D eigenvalue weighted by Crippen LogP contribution is -2.38. The molecule has 0 saturated heterocycles. The molecule has 1 aliphatic rings. The summed E-state index contributed by atoms with van der Waals surface area (Å²) in [5.41, 5.74) is 1.85. The van der Waals surface area contributed by atoms with Gasteiger partial charge in [-0.15, -0.1) is 0 Å². The molecular formula is C17H23N5O. The van der Waals surface area contributed by atoms with E-state index in [4.69, 9.17) is 0 Å². The minimum absolute atomic E-state index is 0.0000582. The van der Waals surface area contributed by atoms with Crippen molar-refractivity contribution < 1.29 is 0 Å². The molecule has 2 heterocycles. The standard InChI is InChI=1S/C17H23N5O/c1-12-3-8-17(23)22(21-12)15-6-4-14(5-7-15)20-13(2)16-11-18-9-10-19-16/h3,8-11,13-15,20H,4-7H2,1-2H3. The van der Waals surface area contributed by atoms with Crippen LogP contribution in [0.5, 0.6) is 0 Å². The van der Waals surface area contributed by atoms with Crippen molar-refractivity contribution in [2.24, 2.45) is 0 Å². The van der Waals surface area contributed by atoms with Crippen LogP contribution in [0.2, 0.25) is 0 Å². The van der Waals surface area contributed by atoms with Crippen molar-refractivity contribution >= 4 is 0 Å². The van der Waals surface area contributed by atoms with E-state index in [2.05, 4.69) is 27.3 Å². The van der Waals surface area contributed by atoms with Crippen LogP contribution in [-0.2, 0) is 0 Å². The SMILES string of the molecule is Cc1ccc(=O)n(C2CCC(NC(C)c3cnccn3)CC2)n1. The quantitative estimate of drug-likeness (QED) is 0.936. The van der Waals surface area contributed by atoms with Crippen molar-refractivity contribution in [1.82, 2.24) is 25.1 Å². The van der Waals surface area contributed by atoms with E-state index in [1.165, 1.54) is 0 Å². The van der Waals surface area contributed by atoms with Crippen LogP contribution in [0.4, 0.5) is 0 Å². The lowest BCUT2D eigenvalue weighted by molar-refractivity contribution is 0.257. The van der Waals surface area contributed by atoms with E-state index in [0.717, 1.165) is 37.1 Å². The number of rotatable bonds is 4. The number of aromatic nitrogens is 4. The molecule has 1 atom stereocenters. The third kappa shape index (κ3) is 3.82. The zero-order valence-electron chi connectivity index (χ0n) is 13.6. The average molecular weight is 313 g/mol. The summed E-state index contributed by atoms with van der Waals surface area (Å²) in [5.74, 6) is 0. The van der Waals surface area contributed by atoms with Gasteiger partial charge in [-0.2, -0.15) is 5.10 Å². The van der Waals surface area contributed by atoms with Crippen LogP contribution in [0.15, 0.2) is 35.5 Å². The molecule has 1 aliphatic carbocycles. The fraction of sp³-hybridized carbons (Fsp3) is 0.529. The van der Waals surface area contributed by atoms with E-state index in [1.807, 2.05) is 6.92 Å². The van der Waals surface area contributed by atoms with Gasteiger partial charge >= 0.3 is 0 Å². The molecule has 6 nitrogen and oxygen atoms in total. The fourth-order valence-electron chi connectivity index (χ4n) is 3.24. The van der Waals surface area contributed by atoms with E-state index >= 15 is 0 Å². The van der Waals surface area contributed by atoms with Gasteiger partial charge in [-0.3, -0.25) is 14.8 Å². The van der Waals surface area contributed by atoms with Gasteiger partial charge < -0.3 is 5.32 Å². The predicted octanol–water partition coefficient (Wildman–Crippen LogP) is 2.18. The number of nitrogens with zero attached hydrogens (tertiary/aromatic N) is 4. The van der Waals surface area contributed by atoms with Crippen molar-refractivity contribution in [2.45, 2.75) is 57.7 Å². The maximum atomic E-state index is 12.0. The maximum absolute atomic E-state index is 12.0. The largest absolute Gasteiger partial charge is 0.306 e. The van der Waals surface area contributed by atoms with E-state index in [-0.39, 0.29) is 17.6 Å². The molecule has 2 aromatic heterocycles. The van der Waals surface area contributed by atoms with Crippen LogP contribution < -0.4 is 10.9 Å². The van der Waals surface area contributed by atoms with E-state index in [1.54, 1.807) is 35.4 Å². The Hall–Kier alpha value is -2.08. The third-order valence-electron chi connectivity index (χ3n) is 4.51. The Morgan fingerprint density at radius 3 is 2.70 bits per heavy atom. The zero-order chi connectivity index (χ0) is 16.2. The first-order chi connectivity index (χ1) is 11.1. The normalized spacial score (nSPS) is 22.7. The van der Waals surface area contributed by atoms with Crippen LogP contribution in [0.25, 0.3) is 0 Å². The van der Waals surface area contributed by atoms with Crippen molar-refractivity contribution in [3.63, 3.8) is 0 Å². The Labute approximate surface area is 136 Å². The lowest BCUT2D eigenvalue weighted by atomic mass is 9.90. The number of hydrogen-bond donors (Lipinski definition) is 1. The van der Waals surface area contributed by atoms with Gasteiger partial charge in [-0.1, -0.05) is 0 Å². The van der Waals surface area contributed by atoms with E-state index < -0.39 is 0 Å². The second kappa shape index (κ2) is 7.00. The van der Waals surface area contributed by atoms with Gasteiger partial charge in [-0.25, -0.2) is 4.68 Å². The van der Waals surface area contributed by atoms with Gasteiger partial charge in [0, 0.05) is 36.7 Å². The molecular weight excluding hydrogens is 290 g/mol. The number of hydrogen-bond acceptors (Lipinski definition) is 5. The Bertz CT molecular complexity index is 692. The first-order valence-electron chi connectivity index (χ1n) is 8.22. The molecule has 1 saturated carbocycles. The first kappa shape index (κ1) is 15.8. The zero-order valence-corrected chi connectivity index (χ0v) is 13.6. The van der Waals surface area contributed by atoms with E-state index in [0.29, 0.717) is 6.04 Å². The molecule has 1 fully saturated rings. The molecule has 23 heavy (non-hydrogen) atoms. The van der Waals surface area contributed by atoms with Gasteiger partial charge in [0.05, 0.1) is 17.4 Å². The van der Waals surface area contributed by atoms with Gasteiger partial charge in [-0.05, 0) is 45.6 Å². The molecule has 0 aromatic carbocycles. The van der Waals surface area contributed by atoms with Crippen LogP contribution >= 0.6 is 0 Å². The summed E-state index contributed by atoms with van der Waals surface area (Å²) in [7, 11) is 0. The minimum atomic E-state index is -0.0000582. The summed E-state index contributed by atoms with van der Waals surface area (Å²) in [5, 5.41) is 8.02. The summed E-state index contributed by atoms with van der Waals surface area (Å²) in [6.45, 7) is 4.04. The summed E-state index contributed by atoms with van der Waals surface area (Å²) in [4.78, 5) is 20.5. The number of aryl methyl sites for hydroxylation is 1. The monoisotopic (exact) mass is 313 g/mol. The second-order valence-corrected chi connectivity index (χ2v) is 6.28. The summed E-state index contributed by atoms with van der Waals surface area (Å²) >= 11 is 0. The van der Waals surface area contributed by atoms with Crippen LogP contribution in [0, 0.1) is 6.92 Å². The molecule has 0 amide bonds. The van der Waals surface area contributed by atoms with Crippen molar-refractivity contribution in [1.29, 1.82) is 0 Å². The Morgan fingerprint density at radius 1 is 1.22 bits per heavy atom.